The van der Waals surface area contributed by atoms with Gasteiger partial charge in [-0.05, 0) is 87.4 Å². The maximum atomic E-state index is 13.4. The van der Waals surface area contributed by atoms with Crippen LogP contribution in [0.3, 0.4) is 0 Å². The molecule has 0 aliphatic heterocycles. The molecular formula is C14H10BrFINO. The number of amides is 1. The summed E-state index contributed by atoms with van der Waals surface area (Å²) in [6.07, 6.45) is 0. The van der Waals surface area contributed by atoms with E-state index >= 15 is 0 Å². The number of anilines is 1. The molecule has 2 aromatic rings. The lowest BCUT2D eigenvalue weighted by molar-refractivity contribution is 0.102. The first kappa shape index (κ1) is 14.5. The number of carbonyl (C=O) groups excluding carboxylic acids is 1. The molecule has 0 atom stereocenters. The molecule has 2 nitrogen and oxygen atoms in total. The molecular weight excluding hydrogens is 424 g/mol. The van der Waals surface area contributed by atoms with Crippen molar-refractivity contribution >= 4 is 50.1 Å². The molecule has 98 valence electrons. The highest BCUT2D eigenvalue weighted by Gasteiger charge is 2.10. The summed E-state index contributed by atoms with van der Waals surface area (Å²) in [5.41, 5.74) is 1.99. The van der Waals surface area contributed by atoms with Crippen LogP contribution in [0.1, 0.15) is 15.9 Å². The second-order valence-corrected chi connectivity index (χ2v) is 6.14. The van der Waals surface area contributed by atoms with Gasteiger partial charge in [-0.2, -0.15) is 0 Å². The van der Waals surface area contributed by atoms with Crippen LogP contribution in [0.25, 0.3) is 0 Å². The Bertz CT molecular complexity index is 645. The number of hydrogen-bond acceptors (Lipinski definition) is 1. The third kappa shape index (κ3) is 3.54. The molecule has 0 radical (unpaired) electrons. The van der Waals surface area contributed by atoms with Gasteiger partial charge in [-0.15, -0.1) is 0 Å². The summed E-state index contributed by atoms with van der Waals surface area (Å²) in [5.74, 6) is -0.775. The molecule has 0 aromatic heterocycles. The van der Waals surface area contributed by atoms with Gasteiger partial charge in [0.2, 0.25) is 0 Å². The Morgan fingerprint density at radius 2 is 2.00 bits per heavy atom. The number of rotatable bonds is 2. The fourth-order valence-electron chi connectivity index (χ4n) is 1.60. The Labute approximate surface area is 132 Å². The number of carbonyl (C=O) groups is 1. The molecule has 1 amide bonds. The lowest BCUT2D eigenvalue weighted by Gasteiger charge is -2.09. The molecule has 0 spiro atoms. The van der Waals surface area contributed by atoms with Gasteiger partial charge in [-0.1, -0.05) is 0 Å². The summed E-state index contributed by atoms with van der Waals surface area (Å²) >= 11 is 5.27. The Morgan fingerprint density at radius 1 is 1.26 bits per heavy atom. The second-order valence-electron chi connectivity index (χ2n) is 4.04. The first-order valence-corrected chi connectivity index (χ1v) is 7.37. The Balaban J connectivity index is 2.23. The van der Waals surface area contributed by atoms with E-state index in [2.05, 4.69) is 43.8 Å². The van der Waals surface area contributed by atoms with Gasteiger partial charge in [0.15, 0.2) is 0 Å². The molecule has 0 saturated carbocycles. The molecule has 19 heavy (non-hydrogen) atoms. The zero-order chi connectivity index (χ0) is 14.0. The van der Waals surface area contributed by atoms with Crippen LogP contribution >= 0.6 is 38.5 Å². The van der Waals surface area contributed by atoms with Crippen LogP contribution in [-0.4, -0.2) is 5.91 Å². The van der Waals surface area contributed by atoms with Crippen molar-refractivity contribution in [3.63, 3.8) is 0 Å². The van der Waals surface area contributed by atoms with Crippen LogP contribution in [0.15, 0.2) is 40.9 Å². The summed E-state index contributed by atoms with van der Waals surface area (Å²) in [6, 6.07) is 10.0. The number of nitrogens with one attached hydrogen (secondary N) is 1. The van der Waals surface area contributed by atoms with Crippen molar-refractivity contribution in [1.29, 1.82) is 0 Å². The topological polar surface area (TPSA) is 29.1 Å². The average Bonchev–Trinajstić information content (AvgIpc) is 2.36. The highest BCUT2D eigenvalue weighted by Crippen LogP contribution is 2.20. The Kier molecular flexibility index (Phi) is 4.57. The smallest absolute Gasteiger partial charge is 0.255 e. The van der Waals surface area contributed by atoms with Gasteiger partial charge in [0.1, 0.15) is 5.82 Å². The predicted octanol–water partition coefficient (Wildman–Crippen LogP) is 4.75. The van der Waals surface area contributed by atoms with Crippen molar-refractivity contribution in [2.24, 2.45) is 0 Å². The third-order valence-corrected chi connectivity index (χ3v) is 3.93. The Morgan fingerprint density at radius 3 is 2.63 bits per heavy atom. The van der Waals surface area contributed by atoms with Gasteiger partial charge >= 0.3 is 0 Å². The fraction of sp³-hybridized carbons (Fsp3) is 0.0714. The van der Waals surface area contributed by atoms with E-state index in [1.54, 1.807) is 6.07 Å². The van der Waals surface area contributed by atoms with Crippen LogP contribution < -0.4 is 5.32 Å². The molecule has 0 aliphatic carbocycles. The SMILES string of the molecule is Cc1cc(I)ccc1NC(=O)c1ccc(Br)c(F)c1. The molecule has 0 unspecified atom stereocenters. The normalized spacial score (nSPS) is 10.3. The number of aryl methyl sites for hydroxylation is 1. The maximum absolute atomic E-state index is 13.4. The lowest BCUT2D eigenvalue weighted by atomic mass is 10.1. The summed E-state index contributed by atoms with van der Waals surface area (Å²) in [7, 11) is 0. The van der Waals surface area contributed by atoms with Crippen LogP contribution in [0.5, 0.6) is 0 Å². The molecule has 2 aromatic carbocycles. The van der Waals surface area contributed by atoms with E-state index in [4.69, 9.17) is 0 Å². The van der Waals surface area contributed by atoms with Crippen LogP contribution in [0.4, 0.5) is 10.1 Å². The highest BCUT2D eigenvalue weighted by atomic mass is 127. The quantitative estimate of drug-likeness (QED) is 0.680. The van der Waals surface area contributed by atoms with E-state index in [1.165, 1.54) is 12.1 Å². The van der Waals surface area contributed by atoms with E-state index < -0.39 is 5.82 Å². The molecule has 0 heterocycles. The van der Waals surface area contributed by atoms with E-state index in [0.717, 1.165) is 14.8 Å². The van der Waals surface area contributed by atoms with Gasteiger partial charge in [0, 0.05) is 14.8 Å². The average molecular weight is 434 g/mol. The molecule has 1 N–H and O–H groups in total. The van der Waals surface area contributed by atoms with Gasteiger partial charge in [0.05, 0.1) is 4.47 Å². The zero-order valence-corrected chi connectivity index (χ0v) is 13.7. The number of hydrogen-bond donors (Lipinski definition) is 1. The minimum atomic E-state index is -0.452. The maximum Gasteiger partial charge on any atom is 0.255 e. The first-order chi connectivity index (χ1) is 8.97. The van der Waals surface area contributed by atoms with E-state index in [1.807, 2.05) is 25.1 Å². The fourth-order valence-corrected chi connectivity index (χ4v) is 2.49. The molecule has 0 saturated heterocycles. The summed E-state index contributed by atoms with van der Waals surface area (Å²) < 4.78 is 14.8. The predicted molar refractivity (Wildman–Crippen MR) is 85.9 cm³/mol. The zero-order valence-electron chi connectivity index (χ0n) is 10.0. The van der Waals surface area contributed by atoms with Gasteiger partial charge in [0.25, 0.3) is 5.91 Å². The second kappa shape index (κ2) is 6.00. The van der Waals surface area contributed by atoms with Crippen molar-refractivity contribution in [2.45, 2.75) is 6.92 Å². The number of halogens is 3. The highest BCUT2D eigenvalue weighted by molar-refractivity contribution is 14.1. The number of benzene rings is 2. The summed E-state index contributed by atoms with van der Waals surface area (Å²) in [6.45, 7) is 1.92. The molecule has 5 heteroatoms. The van der Waals surface area contributed by atoms with Crippen molar-refractivity contribution in [1.82, 2.24) is 0 Å². The standard InChI is InChI=1S/C14H10BrFINO/c1-8-6-10(17)3-5-13(8)18-14(19)9-2-4-11(15)12(16)7-9/h2-7H,1H3,(H,18,19). The van der Waals surface area contributed by atoms with Gasteiger partial charge < -0.3 is 5.32 Å². The summed E-state index contributed by atoms with van der Waals surface area (Å²) in [4.78, 5) is 12.0. The van der Waals surface area contributed by atoms with E-state index in [0.29, 0.717) is 10.0 Å². The van der Waals surface area contributed by atoms with E-state index in [9.17, 15) is 9.18 Å². The molecule has 0 bridgehead atoms. The molecule has 0 fully saturated rings. The molecule has 0 aliphatic rings. The van der Waals surface area contributed by atoms with Crippen LogP contribution in [0.2, 0.25) is 0 Å². The van der Waals surface area contributed by atoms with Gasteiger partial charge in [-0.25, -0.2) is 4.39 Å². The minimum Gasteiger partial charge on any atom is -0.322 e. The van der Waals surface area contributed by atoms with Crippen molar-refractivity contribution < 1.29 is 9.18 Å². The van der Waals surface area contributed by atoms with Crippen molar-refractivity contribution in [3.8, 4) is 0 Å². The van der Waals surface area contributed by atoms with Crippen molar-refractivity contribution in [3.05, 3.63) is 61.4 Å². The van der Waals surface area contributed by atoms with E-state index in [-0.39, 0.29) is 5.91 Å². The Hall–Kier alpha value is -0.950. The summed E-state index contributed by atoms with van der Waals surface area (Å²) in [5, 5.41) is 2.78. The third-order valence-electron chi connectivity index (χ3n) is 2.62. The first-order valence-electron chi connectivity index (χ1n) is 5.50. The monoisotopic (exact) mass is 433 g/mol. The minimum absolute atomic E-state index is 0.290. The van der Waals surface area contributed by atoms with Crippen molar-refractivity contribution in [2.75, 3.05) is 5.32 Å². The van der Waals surface area contributed by atoms with Gasteiger partial charge in [-0.3, -0.25) is 4.79 Å². The van der Waals surface area contributed by atoms with Crippen LogP contribution in [-0.2, 0) is 0 Å². The molecule has 2 rings (SSSR count). The van der Waals surface area contributed by atoms with Crippen LogP contribution in [0, 0.1) is 16.3 Å². The lowest BCUT2D eigenvalue weighted by Crippen LogP contribution is -2.13. The largest absolute Gasteiger partial charge is 0.322 e.